The van der Waals surface area contributed by atoms with E-state index in [-0.39, 0.29) is 0 Å². The van der Waals surface area contributed by atoms with Crippen LogP contribution >= 0.6 is 0 Å². The molecule has 0 amide bonds. The monoisotopic (exact) mass is 493 g/mol. The van der Waals surface area contributed by atoms with Crippen LogP contribution in [0.3, 0.4) is 0 Å². The van der Waals surface area contributed by atoms with Crippen LogP contribution in [0.15, 0.2) is 0 Å². The summed E-state index contributed by atoms with van der Waals surface area (Å²) in [6.07, 6.45) is 42.7. The van der Waals surface area contributed by atoms with Crippen molar-refractivity contribution in [3.05, 3.63) is 0 Å². The van der Waals surface area contributed by atoms with Crippen LogP contribution in [0.2, 0.25) is 0 Å². The lowest BCUT2D eigenvalue weighted by atomic mass is 9.95. The van der Waals surface area contributed by atoms with Crippen molar-refractivity contribution in [2.75, 3.05) is 0 Å². The second kappa shape index (κ2) is 30.2. The van der Waals surface area contributed by atoms with Gasteiger partial charge in [0.1, 0.15) is 0 Å². The van der Waals surface area contributed by atoms with Gasteiger partial charge >= 0.3 is 0 Å². The Morgan fingerprint density at radius 3 is 0.714 bits per heavy atom. The van der Waals surface area contributed by atoms with Crippen molar-refractivity contribution in [3.8, 4) is 0 Å². The lowest BCUT2D eigenvalue weighted by molar-refractivity contribution is 0.429. The summed E-state index contributed by atoms with van der Waals surface area (Å²) in [6.45, 7) is 9.58. The van der Waals surface area contributed by atoms with Crippen LogP contribution in [0.5, 0.6) is 0 Å². The summed E-state index contributed by atoms with van der Waals surface area (Å²) >= 11 is 0. The fourth-order valence-corrected chi connectivity index (χ4v) is 5.75. The summed E-state index contributed by atoms with van der Waals surface area (Å²) in [7, 11) is 0. The highest BCUT2D eigenvalue weighted by Crippen LogP contribution is 2.20. The van der Waals surface area contributed by atoms with E-state index in [9.17, 15) is 0 Å². The summed E-state index contributed by atoms with van der Waals surface area (Å²) < 4.78 is 0. The third-order valence-corrected chi connectivity index (χ3v) is 8.49. The Hall–Kier alpha value is 0. The fraction of sp³-hybridized carbons (Fsp3) is 1.00. The van der Waals surface area contributed by atoms with Crippen LogP contribution in [-0.2, 0) is 0 Å². The van der Waals surface area contributed by atoms with Gasteiger partial charge in [-0.3, -0.25) is 0 Å². The highest BCUT2D eigenvalue weighted by atomic mass is 14.1. The summed E-state index contributed by atoms with van der Waals surface area (Å²) in [4.78, 5) is 0. The fourth-order valence-electron chi connectivity index (χ4n) is 5.75. The molecule has 0 rings (SSSR count). The molecule has 2 atom stereocenters. The van der Waals surface area contributed by atoms with E-state index in [0.29, 0.717) is 0 Å². The molecule has 0 radical (unpaired) electrons. The lowest BCUT2D eigenvalue weighted by Gasteiger charge is -2.11. The van der Waals surface area contributed by atoms with E-state index in [1.165, 1.54) is 186 Å². The Morgan fingerprint density at radius 1 is 0.257 bits per heavy atom. The molecule has 0 aliphatic heterocycles. The van der Waals surface area contributed by atoms with Gasteiger partial charge in [0.2, 0.25) is 0 Å². The topological polar surface area (TPSA) is 0 Å². The van der Waals surface area contributed by atoms with Gasteiger partial charge in [-0.25, -0.2) is 0 Å². The van der Waals surface area contributed by atoms with Gasteiger partial charge in [0.05, 0.1) is 0 Å². The SMILES string of the molecule is CCCCCCCCCCCCCCC(C)CCCCCCCCCCCCCC(C)CCCC. The van der Waals surface area contributed by atoms with Gasteiger partial charge in [-0.1, -0.05) is 214 Å². The van der Waals surface area contributed by atoms with Crippen LogP contribution in [0.25, 0.3) is 0 Å². The molecule has 0 aromatic rings. The van der Waals surface area contributed by atoms with Crippen molar-refractivity contribution < 1.29 is 0 Å². The maximum atomic E-state index is 2.50. The van der Waals surface area contributed by atoms with E-state index in [0.717, 1.165) is 11.8 Å². The van der Waals surface area contributed by atoms with Crippen LogP contribution in [-0.4, -0.2) is 0 Å². The Morgan fingerprint density at radius 2 is 0.457 bits per heavy atom. The van der Waals surface area contributed by atoms with Crippen molar-refractivity contribution in [1.29, 1.82) is 0 Å². The zero-order chi connectivity index (χ0) is 25.7. The molecule has 0 aliphatic rings. The smallest absolute Gasteiger partial charge is 0.0443 e. The molecule has 35 heavy (non-hydrogen) atoms. The maximum absolute atomic E-state index is 2.50. The zero-order valence-corrected chi connectivity index (χ0v) is 25.7. The van der Waals surface area contributed by atoms with E-state index < -0.39 is 0 Å². The number of hydrogen-bond donors (Lipinski definition) is 0. The predicted molar refractivity (Wildman–Crippen MR) is 164 cm³/mol. The predicted octanol–water partition coefficient (Wildman–Crippen LogP) is 13.6. The minimum absolute atomic E-state index is 0.965. The number of hydrogen-bond acceptors (Lipinski definition) is 0. The van der Waals surface area contributed by atoms with E-state index in [2.05, 4.69) is 27.7 Å². The van der Waals surface area contributed by atoms with Crippen molar-refractivity contribution >= 4 is 0 Å². The summed E-state index contributed by atoms with van der Waals surface area (Å²) in [5.74, 6) is 1.93. The average molecular weight is 493 g/mol. The standard InChI is InChI=1S/C35H72/c1-5-7-9-10-11-12-13-15-18-22-25-28-32-35(4)33-29-26-23-20-17-14-16-19-21-24-27-31-34(3)30-8-6-2/h34-35H,5-33H2,1-4H3. The lowest BCUT2D eigenvalue weighted by Crippen LogP contribution is -1.95. The first-order valence-corrected chi connectivity index (χ1v) is 17.2. The van der Waals surface area contributed by atoms with Gasteiger partial charge in [0, 0.05) is 0 Å². The highest BCUT2D eigenvalue weighted by Gasteiger charge is 2.03. The molecule has 0 aromatic heterocycles. The van der Waals surface area contributed by atoms with Crippen molar-refractivity contribution in [3.63, 3.8) is 0 Å². The van der Waals surface area contributed by atoms with Crippen molar-refractivity contribution in [2.45, 2.75) is 214 Å². The highest BCUT2D eigenvalue weighted by molar-refractivity contribution is 4.57. The third-order valence-electron chi connectivity index (χ3n) is 8.49. The normalized spacial score (nSPS) is 13.4. The Balaban J connectivity index is 3.17. The summed E-state index contributed by atoms with van der Waals surface area (Å²) in [5, 5.41) is 0. The third kappa shape index (κ3) is 30.1. The van der Waals surface area contributed by atoms with Crippen LogP contribution in [0, 0.1) is 11.8 Å². The molecule has 0 N–H and O–H groups in total. The number of rotatable bonds is 30. The average Bonchev–Trinajstić information content (AvgIpc) is 2.86. The van der Waals surface area contributed by atoms with Gasteiger partial charge in [-0.15, -0.1) is 0 Å². The molecule has 0 nitrogen and oxygen atoms in total. The molecule has 0 bridgehead atoms. The van der Waals surface area contributed by atoms with Crippen molar-refractivity contribution in [1.82, 2.24) is 0 Å². The van der Waals surface area contributed by atoms with Crippen molar-refractivity contribution in [2.24, 2.45) is 11.8 Å². The largest absolute Gasteiger partial charge is 0.0654 e. The molecule has 0 spiro atoms. The molecule has 0 heteroatoms. The van der Waals surface area contributed by atoms with E-state index in [4.69, 9.17) is 0 Å². The quantitative estimate of drug-likeness (QED) is 0.0874. The molecule has 0 heterocycles. The minimum atomic E-state index is 0.965. The van der Waals surface area contributed by atoms with Crippen LogP contribution in [0.4, 0.5) is 0 Å². The van der Waals surface area contributed by atoms with Crippen LogP contribution < -0.4 is 0 Å². The molecular weight excluding hydrogens is 420 g/mol. The molecular formula is C35H72. The maximum Gasteiger partial charge on any atom is -0.0443 e. The van der Waals surface area contributed by atoms with E-state index >= 15 is 0 Å². The molecule has 212 valence electrons. The minimum Gasteiger partial charge on any atom is -0.0654 e. The molecule has 0 aromatic carbocycles. The Kier molecular flexibility index (Phi) is 30.2. The van der Waals surface area contributed by atoms with Crippen LogP contribution in [0.1, 0.15) is 214 Å². The first-order valence-electron chi connectivity index (χ1n) is 17.2. The second-order valence-corrected chi connectivity index (χ2v) is 12.5. The Bertz CT molecular complexity index is 359. The summed E-state index contributed by atoms with van der Waals surface area (Å²) in [5.41, 5.74) is 0. The molecule has 0 aliphatic carbocycles. The first-order chi connectivity index (χ1) is 17.2. The molecule has 2 unspecified atom stereocenters. The first kappa shape index (κ1) is 35.0. The van der Waals surface area contributed by atoms with Gasteiger partial charge in [0.15, 0.2) is 0 Å². The summed E-state index contributed by atoms with van der Waals surface area (Å²) in [6, 6.07) is 0. The molecule has 0 saturated heterocycles. The van der Waals surface area contributed by atoms with E-state index in [1.54, 1.807) is 0 Å². The van der Waals surface area contributed by atoms with E-state index in [1.807, 2.05) is 0 Å². The van der Waals surface area contributed by atoms with Gasteiger partial charge in [0.25, 0.3) is 0 Å². The molecule has 0 saturated carbocycles. The zero-order valence-electron chi connectivity index (χ0n) is 25.7. The second-order valence-electron chi connectivity index (χ2n) is 12.5. The van der Waals surface area contributed by atoms with Gasteiger partial charge < -0.3 is 0 Å². The number of unbranched alkanes of at least 4 members (excludes halogenated alkanes) is 22. The van der Waals surface area contributed by atoms with Gasteiger partial charge in [-0.2, -0.15) is 0 Å². The van der Waals surface area contributed by atoms with Gasteiger partial charge in [-0.05, 0) is 11.8 Å². The Labute approximate surface area is 225 Å². The molecule has 0 fully saturated rings.